The second-order valence-electron chi connectivity index (χ2n) is 2.98. The van der Waals surface area contributed by atoms with Crippen molar-refractivity contribution in [3.8, 4) is 5.75 Å². The van der Waals surface area contributed by atoms with Gasteiger partial charge in [0.15, 0.2) is 5.75 Å². The Morgan fingerprint density at radius 3 is 2.75 bits per heavy atom. The minimum Gasteiger partial charge on any atom is -0.493 e. The first-order valence-corrected chi connectivity index (χ1v) is 4.28. The average Bonchev–Trinajstić information content (AvgIpc) is 2.19. The number of hydrogen-bond acceptors (Lipinski definition) is 4. The van der Waals surface area contributed by atoms with Crippen LogP contribution in [-0.4, -0.2) is 23.2 Å². The zero-order valence-electron chi connectivity index (χ0n) is 8.41. The molecule has 1 aromatic heterocycles. The third kappa shape index (κ3) is 2.36. The Hall–Kier alpha value is -1.92. The summed E-state index contributed by atoms with van der Waals surface area (Å²) in [7, 11) is 1.29. The lowest BCUT2D eigenvalue weighted by Gasteiger charge is -2.12. The molecule has 1 aromatic rings. The lowest BCUT2D eigenvalue weighted by atomic mass is 10.1. The number of pyridine rings is 1. The van der Waals surface area contributed by atoms with Gasteiger partial charge in [-0.05, 0) is 0 Å². The number of rotatable bonds is 4. The number of alkyl halides is 2. The van der Waals surface area contributed by atoms with Crippen LogP contribution in [0.3, 0.4) is 0 Å². The van der Waals surface area contributed by atoms with Crippen LogP contribution in [0.5, 0.6) is 5.75 Å². The summed E-state index contributed by atoms with van der Waals surface area (Å²) >= 11 is 0. The Kier molecular flexibility index (Phi) is 3.60. The van der Waals surface area contributed by atoms with Crippen LogP contribution in [0.2, 0.25) is 0 Å². The number of aromatic nitrogens is 1. The third-order valence-electron chi connectivity index (χ3n) is 1.98. The van der Waals surface area contributed by atoms with E-state index >= 15 is 0 Å². The van der Waals surface area contributed by atoms with E-state index in [9.17, 15) is 13.6 Å². The first-order valence-electron chi connectivity index (χ1n) is 4.28. The van der Waals surface area contributed by atoms with Crippen molar-refractivity contribution in [2.75, 3.05) is 12.8 Å². The minimum absolute atomic E-state index is 0.0839. The summed E-state index contributed by atoms with van der Waals surface area (Å²) in [5.74, 6) is -1.18. The molecule has 0 aliphatic heterocycles. The van der Waals surface area contributed by atoms with E-state index in [1.165, 1.54) is 7.11 Å². The van der Waals surface area contributed by atoms with E-state index in [2.05, 4.69) is 4.98 Å². The number of nitrogens with two attached hydrogens (primary N) is 1. The smallest absolute Gasteiger partial charge is 0.307 e. The number of carboxylic acids is 1. The number of ether oxygens (including phenoxy) is 1. The maximum Gasteiger partial charge on any atom is 0.307 e. The van der Waals surface area contributed by atoms with Crippen molar-refractivity contribution >= 4 is 11.7 Å². The number of methoxy groups -OCH3 is 1. The second-order valence-corrected chi connectivity index (χ2v) is 2.98. The van der Waals surface area contributed by atoms with Crippen molar-refractivity contribution in [1.82, 2.24) is 4.98 Å². The topological polar surface area (TPSA) is 85.4 Å². The molecule has 0 fully saturated rings. The van der Waals surface area contributed by atoms with Gasteiger partial charge in [0.2, 0.25) is 0 Å². The molecule has 88 valence electrons. The summed E-state index contributed by atoms with van der Waals surface area (Å²) in [6, 6.07) is 0. The molecule has 0 spiro atoms. The van der Waals surface area contributed by atoms with Crippen LogP contribution in [0.25, 0.3) is 0 Å². The molecular formula is C9H10F2N2O3. The van der Waals surface area contributed by atoms with Gasteiger partial charge in [0.1, 0.15) is 5.69 Å². The van der Waals surface area contributed by atoms with Crippen LogP contribution >= 0.6 is 0 Å². The first kappa shape index (κ1) is 12.2. The van der Waals surface area contributed by atoms with Gasteiger partial charge in [-0.15, -0.1) is 0 Å². The van der Waals surface area contributed by atoms with E-state index in [4.69, 9.17) is 15.6 Å². The van der Waals surface area contributed by atoms with E-state index in [1.807, 2.05) is 0 Å². The van der Waals surface area contributed by atoms with Crippen LogP contribution in [0.15, 0.2) is 6.20 Å². The Balaban J connectivity index is 3.30. The monoisotopic (exact) mass is 232 g/mol. The van der Waals surface area contributed by atoms with E-state index in [0.717, 1.165) is 6.20 Å². The maximum atomic E-state index is 12.5. The van der Waals surface area contributed by atoms with Crippen LogP contribution in [-0.2, 0) is 11.2 Å². The molecule has 0 saturated heterocycles. The van der Waals surface area contributed by atoms with Gasteiger partial charge in [-0.2, -0.15) is 0 Å². The molecule has 0 saturated carbocycles. The fourth-order valence-electron chi connectivity index (χ4n) is 1.25. The largest absolute Gasteiger partial charge is 0.493 e. The Morgan fingerprint density at radius 1 is 1.69 bits per heavy atom. The molecule has 0 bridgehead atoms. The van der Waals surface area contributed by atoms with Gasteiger partial charge in [-0.1, -0.05) is 0 Å². The lowest BCUT2D eigenvalue weighted by Crippen LogP contribution is -2.10. The number of halogens is 2. The molecule has 0 amide bonds. The normalized spacial score (nSPS) is 10.5. The molecular weight excluding hydrogens is 222 g/mol. The number of carboxylic acid groups (broad SMARTS) is 1. The Labute approximate surface area is 89.9 Å². The molecule has 5 nitrogen and oxygen atoms in total. The van der Waals surface area contributed by atoms with E-state index in [-0.39, 0.29) is 17.0 Å². The van der Waals surface area contributed by atoms with Gasteiger partial charge in [0.25, 0.3) is 6.43 Å². The Bertz CT molecular complexity index is 410. The number of nitrogens with zero attached hydrogens (tertiary/aromatic N) is 1. The highest BCUT2D eigenvalue weighted by Gasteiger charge is 2.21. The van der Waals surface area contributed by atoms with E-state index in [1.54, 1.807) is 0 Å². The quantitative estimate of drug-likeness (QED) is 0.815. The molecule has 16 heavy (non-hydrogen) atoms. The van der Waals surface area contributed by atoms with Gasteiger partial charge < -0.3 is 15.6 Å². The molecule has 0 atom stereocenters. The standard InChI is InChI=1S/C9H10F2N2O3/c1-16-5-3-13-8(9(10)11)4(7(5)12)2-6(14)15/h3,9H,2H2,1H3,(H2,12,13)(H,14,15). The highest BCUT2D eigenvalue weighted by atomic mass is 19.3. The van der Waals surface area contributed by atoms with Gasteiger partial charge in [0, 0.05) is 5.56 Å². The SMILES string of the molecule is COc1cnc(C(F)F)c(CC(=O)O)c1N. The summed E-state index contributed by atoms with van der Waals surface area (Å²) in [4.78, 5) is 14.0. The fraction of sp³-hybridized carbons (Fsp3) is 0.333. The third-order valence-corrected chi connectivity index (χ3v) is 1.98. The molecule has 0 aromatic carbocycles. The summed E-state index contributed by atoms with van der Waals surface area (Å²) in [6.45, 7) is 0. The summed E-state index contributed by atoms with van der Waals surface area (Å²) < 4.78 is 29.9. The van der Waals surface area contributed by atoms with Crippen molar-refractivity contribution < 1.29 is 23.4 Å². The molecule has 0 unspecified atom stereocenters. The molecule has 1 rings (SSSR count). The molecule has 3 N–H and O–H groups in total. The van der Waals surface area contributed by atoms with Crippen molar-refractivity contribution in [2.24, 2.45) is 0 Å². The minimum atomic E-state index is -2.87. The Morgan fingerprint density at radius 2 is 2.31 bits per heavy atom. The van der Waals surface area contributed by atoms with Crippen molar-refractivity contribution in [1.29, 1.82) is 0 Å². The van der Waals surface area contributed by atoms with Crippen LogP contribution in [0.1, 0.15) is 17.7 Å². The number of anilines is 1. The average molecular weight is 232 g/mol. The number of aliphatic carboxylic acids is 1. The number of nitrogen functional groups attached to an aromatic ring is 1. The number of carbonyl (C=O) groups is 1. The summed E-state index contributed by atoms with van der Waals surface area (Å²) in [5.41, 5.74) is 4.57. The second kappa shape index (κ2) is 4.73. The molecule has 1 heterocycles. The van der Waals surface area contributed by atoms with Crippen molar-refractivity contribution in [3.05, 3.63) is 17.5 Å². The van der Waals surface area contributed by atoms with Crippen molar-refractivity contribution in [2.45, 2.75) is 12.8 Å². The van der Waals surface area contributed by atoms with Gasteiger partial charge in [0.05, 0.1) is 25.4 Å². The van der Waals surface area contributed by atoms with Crippen LogP contribution < -0.4 is 10.5 Å². The highest BCUT2D eigenvalue weighted by Crippen LogP contribution is 2.31. The van der Waals surface area contributed by atoms with E-state index < -0.39 is 24.5 Å². The van der Waals surface area contributed by atoms with Crippen LogP contribution in [0, 0.1) is 0 Å². The molecule has 0 aliphatic rings. The zero-order valence-corrected chi connectivity index (χ0v) is 8.41. The summed E-state index contributed by atoms with van der Waals surface area (Å²) in [6.07, 6.45) is -2.44. The van der Waals surface area contributed by atoms with E-state index in [0.29, 0.717) is 0 Å². The first-order chi connectivity index (χ1) is 7.47. The molecule has 7 heteroatoms. The van der Waals surface area contributed by atoms with Gasteiger partial charge >= 0.3 is 5.97 Å². The van der Waals surface area contributed by atoms with Gasteiger partial charge in [-0.25, -0.2) is 8.78 Å². The van der Waals surface area contributed by atoms with Crippen molar-refractivity contribution in [3.63, 3.8) is 0 Å². The lowest BCUT2D eigenvalue weighted by molar-refractivity contribution is -0.136. The van der Waals surface area contributed by atoms with Crippen LogP contribution in [0.4, 0.5) is 14.5 Å². The molecule has 0 aliphatic carbocycles. The highest BCUT2D eigenvalue weighted by molar-refractivity contribution is 5.75. The van der Waals surface area contributed by atoms with Gasteiger partial charge in [-0.3, -0.25) is 9.78 Å². The maximum absolute atomic E-state index is 12.5. The predicted molar refractivity (Wildman–Crippen MR) is 51.5 cm³/mol. The number of hydrogen-bond donors (Lipinski definition) is 2. The zero-order chi connectivity index (χ0) is 12.3. The summed E-state index contributed by atoms with van der Waals surface area (Å²) in [5, 5.41) is 8.59. The molecule has 0 radical (unpaired) electrons. The predicted octanol–water partition coefficient (Wildman–Crippen LogP) is 1.24. The fourth-order valence-corrected chi connectivity index (χ4v) is 1.25.